The van der Waals surface area contributed by atoms with Gasteiger partial charge < -0.3 is 19.7 Å². The molecule has 1 spiro atoms. The van der Waals surface area contributed by atoms with Crippen molar-refractivity contribution in [1.82, 2.24) is 30.3 Å². The van der Waals surface area contributed by atoms with E-state index in [1.54, 1.807) is 23.5 Å². The summed E-state index contributed by atoms with van der Waals surface area (Å²) >= 11 is 1.76. The van der Waals surface area contributed by atoms with Gasteiger partial charge in [0, 0.05) is 58.1 Å². The van der Waals surface area contributed by atoms with Gasteiger partial charge in [-0.05, 0) is 108 Å². The van der Waals surface area contributed by atoms with Crippen LogP contribution in [0, 0.1) is 55.3 Å². The number of hydrogen-bond acceptors (Lipinski definition) is 11. The van der Waals surface area contributed by atoms with E-state index in [4.69, 9.17) is 15.0 Å². The minimum absolute atomic E-state index is 0.105. The monoisotopic (exact) mass is 845 g/mol. The molecule has 1 N–H and O–H groups in total. The molecule has 16 heteroatoms. The molecular formula is C45H42F3N9O3S. The van der Waals surface area contributed by atoms with Crippen LogP contribution in [0.2, 0.25) is 0 Å². The molecule has 0 bridgehead atoms. The number of nitriles is 1. The van der Waals surface area contributed by atoms with E-state index >= 15 is 0 Å². The molecule has 0 unspecified atom stereocenters. The first-order chi connectivity index (χ1) is 29.2. The Morgan fingerprint density at radius 2 is 1.72 bits per heavy atom. The van der Waals surface area contributed by atoms with Crippen LogP contribution in [-0.2, 0) is 0 Å². The van der Waals surface area contributed by atoms with E-state index in [1.165, 1.54) is 22.6 Å². The number of anilines is 1. The first-order valence-electron chi connectivity index (χ1n) is 20.3. The van der Waals surface area contributed by atoms with Gasteiger partial charge in [0.25, 0.3) is 5.91 Å². The third-order valence-corrected chi connectivity index (χ3v) is 13.4. The Labute approximate surface area is 354 Å². The van der Waals surface area contributed by atoms with E-state index in [2.05, 4.69) is 96.8 Å². The van der Waals surface area contributed by atoms with E-state index in [1.807, 2.05) is 13.0 Å². The quantitative estimate of drug-likeness (QED) is 0.161. The molecule has 5 aromatic rings. The zero-order valence-corrected chi connectivity index (χ0v) is 34.8. The molecular weight excluding hydrogens is 804 g/mol. The minimum Gasteiger partial charge on any atom is -0.490 e. The van der Waals surface area contributed by atoms with Gasteiger partial charge in [0.15, 0.2) is 23.1 Å². The first-order valence-corrected chi connectivity index (χ1v) is 21.1. The SMILES string of the molecule is Cc1sc2c(c1C)C(c1ccc(C#CC3CC4(C3)CN(c3ccc(C(=O)NC5CCC(Oc6ccc(C#N)c(OC(F)(F)F)c6)CC5)nn3)C4)cc1)=N[C@@H](C)c1nnc(C)n1-2. The maximum atomic E-state index is 13.0. The van der Waals surface area contributed by atoms with Gasteiger partial charge in [-0.3, -0.25) is 14.4 Å². The fraction of sp³-hybridized carbons (Fsp3) is 0.400. The first kappa shape index (κ1) is 40.2. The molecule has 1 saturated heterocycles. The maximum absolute atomic E-state index is 13.0. The number of carbonyl (C=O) groups is 1. The van der Waals surface area contributed by atoms with E-state index in [0.29, 0.717) is 31.6 Å². The van der Waals surface area contributed by atoms with Crippen molar-refractivity contribution in [2.75, 3.05) is 18.0 Å². The Bertz CT molecular complexity index is 2630. The van der Waals surface area contributed by atoms with Crippen molar-refractivity contribution in [1.29, 1.82) is 5.26 Å². The smallest absolute Gasteiger partial charge is 0.490 e. The van der Waals surface area contributed by atoms with Crippen LogP contribution in [0.15, 0.2) is 59.6 Å². The van der Waals surface area contributed by atoms with E-state index in [-0.39, 0.29) is 46.5 Å². The normalized spacial score (nSPS) is 20.4. The highest BCUT2D eigenvalue weighted by Crippen LogP contribution is 2.52. The topological polar surface area (TPSA) is 143 Å². The molecule has 2 saturated carbocycles. The zero-order valence-electron chi connectivity index (χ0n) is 34.0. The number of ether oxygens (including phenoxy) is 2. The Morgan fingerprint density at radius 3 is 2.41 bits per heavy atom. The molecule has 2 aromatic carbocycles. The van der Waals surface area contributed by atoms with E-state index in [0.717, 1.165) is 76.9 Å². The second kappa shape index (κ2) is 15.6. The predicted octanol–water partition coefficient (Wildman–Crippen LogP) is 8.11. The van der Waals surface area contributed by atoms with Gasteiger partial charge in [0.1, 0.15) is 28.7 Å². The Hall–Kier alpha value is -6.26. The highest BCUT2D eigenvalue weighted by atomic mass is 32.1. The number of fused-ring (bicyclic) bond motifs is 3. The van der Waals surface area contributed by atoms with Crippen molar-refractivity contribution in [3.63, 3.8) is 0 Å². The van der Waals surface area contributed by atoms with Crippen molar-refractivity contribution in [3.05, 3.63) is 105 Å². The number of alkyl halides is 3. The van der Waals surface area contributed by atoms with Crippen LogP contribution >= 0.6 is 11.3 Å². The fourth-order valence-corrected chi connectivity index (χ4v) is 10.1. The van der Waals surface area contributed by atoms with Crippen molar-refractivity contribution in [2.24, 2.45) is 16.3 Å². The molecule has 4 aliphatic rings. The lowest BCUT2D eigenvalue weighted by Crippen LogP contribution is -2.62. The predicted molar refractivity (Wildman–Crippen MR) is 222 cm³/mol. The standard InChI is InChI=1S/C45H42F3N9O3S/c1-25-27(3)61-43-39(25)40(50-26(2)41-55-52-28(4)57(41)43)31-9-7-29(8-10-31)5-6-30-20-44(21-30)23-56(24-44)38-18-17-36(53-54-38)42(58)51-33-12-15-34(16-13-33)59-35-14-11-32(22-49)37(19-35)60-45(46,47)48/h7-11,14,17-19,26,30,33-34H,12-13,15-16,20-21,23-24H2,1-4H3,(H,51,58)/t26-,33?,34?/m0/s1. The fourth-order valence-electron chi connectivity index (χ4n) is 8.92. The average Bonchev–Trinajstić information content (AvgIpc) is 3.69. The van der Waals surface area contributed by atoms with Crippen molar-refractivity contribution >= 4 is 28.8 Å². The third-order valence-electron chi connectivity index (χ3n) is 12.2. The summed E-state index contributed by atoms with van der Waals surface area (Å²) in [5.74, 6) is 8.99. The molecule has 2 aliphatic heterocycles. The number of nitrogens with zero attached hydrogens (tertiary/aromatic N) is 8. The minimum atomic E-state index is -4.93. The molecule has 12 nitrogen and oxygen atoms in total. The molecule has 3 aromatic heterocycles. The largest absolute Gasteiger partial charge is 0.573 e. The second-order valence-corrected chi connectivity index (χ2v) is 17.7. The number of carbonyl (C=O) groups excluding carboxylic acids is 1. The summed E-state index contributed by atoms with van der Waals surface area (Å²) in [5, 5.41) is 30.7. The van der Waals surface area contributed by atoms with Crippen molar-refractivity contribution < 1.29 is 27.4 Å². The summed E-state index contributed by atoms with van der Waals surface area (Å²) in [6, 6.07) is 17.2. The molecule has 1 amide bonds. The number of halogens is 3. The summed E-state index contributed by atoms with van der Waals surface area (Å²) in [6.45, 7) is 10.1. The van der Waals surface area contributed by atoms with Crippen LogP contribution < -0.4 is 19.7 Å². The van der Waals surface area contributed by atoms with Gasteiger partial charge in [0.2, 0.25) is 0 Å². The molecule has 2 aliphatic carbocycles. The lowest BCUT2D eigenvalue weighted by atomic mass is 9.58. The molecule has 9 rings (SSSR count). The van der Waals surface area contributed by atoms with Crippen LogP contribution in [0.25, 0.3) is 5.00 Å². The van der Waals surface area contributed by atoms with Crippen LogP contribution in [-0.4, -0.2) is 68.2 Å². The summed E-state index contributed by atoms with van der Waals surface area (Å²) in [4.78, 5) is 21.6. The van der Waals surface area contributed by atoms with Crippen LogP contribution in [0.3, 0.4) is 0 Å². The van der Waals surface area contributed by atoms with Gasteiger partial charge in [0.05, 0.1) is 17.4 Å². The van der Waals surface area contributed by atoms with Crippen molar-refractivity contribution in [3.8, 4) is 34.4 Å². The number of nitrogens with one attached hydrogen (secondary N) is 1. The molecule has 5 heterocycles. The number of amides is 1. The van der Waals surface area contributed by atoms with Crippen LogP contribution in [0.4, 0.5) is 19.0 Å². The number of aromatic nitrogens is 5. The maximum Gasteiger partial charge on any atom is 0.573 e. The number of thiophene rings is 1. The Kier molecular flexibility index (Phi) is 10.3. The lowest BCUT2D eigenvalue weighted by molar-refractivity contribution is -0.274. The average molecular weight is 846 g/mol. The van der Waals surface area contributed by atoms with Gasteiger partial charge in [-0.2, -0.15) is 5.26 Å². The van der Waals surface area contributed by atoms with E-state index in [9.17, 15) is 18.0 Å². The molecule has 0 radical (unpaired) electrons. The van der Waals surface area contributed by atoms with Crippen LogP contribution in [0.1, 0.15) is 106 Å². The Morgan fingerprint density at radius 1 is 0.967 bits per heavy atom. The van der Waals surface area contributed by atoms with Gasteiger partial charge >= 0.3 is 6.36 Å². The molecule has 61 heavy (non-hydrogen) atoms. The highest BCUT2D eigenvalue weighted by Gasteiger charge is 2.52. The summed E-state index contributed by atoms with van der Waals surface area (Å²) in [5.41, 5.74) is 5.61. The third kappa shape index (κ3) is 8.04. The number of benzene rings is 2. The number of hydrogen-bond donors (Lipinski definition) is 1. The summed E-state index contributed by atoms with van der Waals surface area (Å²) in [6.07, 6.45) is -0.703. The molecule has 312 valence electrons. The number of aliphatic imine (C=N–C) groups is 1. The Balaban J connectivity index is 0.735. The lowest BCUT2D eigenvalue weighted by Gasteiger charge is -2.58. The summed E-state index contributed by atoms with van der Waals surface area (Å²) < 4.78 is 50.4. The van der Waals surface area contributed by atoms with Gasteiger partial charge in [-0.1, -0.05) is 24.0 Å². The zero-order chi connectivity index (χ0) is 42.6. The molecule has 3 fully saturated rings. The number of rotatable bonds is 7. The van der Waals surface area contributed by atoms with Crippen LogP contribution in [0.5, 0.6) is 11.5 Å². The van der Waals surface area contributed by atoms with E-state index < -0.39 is 12.1 Å². The van der Waals surface area contributed by atoms with Gasteiger partial charge in [-0.25, -0.2) is 0 Å². The molecule has 1 atom stereocenters. The second-order valence-electron chi connectivity index (χ2n) is 16.5. The summed E-state index contributed by atoms with van der Waals surface area (Å²) in [7, 11) is 0. The number of aryl methyl sites for hydroxylation is 2. The van der Waals surface area contributed by atoms with Crippen molar-refractivity contribution in [2.45, 2.75) is 90.8 Å². The van der Waals surface area contributed by atoms with Gasteiger partial charge in [-0.15, -0.1) is 44.9 Å². The highest BCUT2D eigenvalue weighted by molar-refractivity contribution is 7.15.